The van der Waals surface area contributed by atoms with Crippen molar-refractivity contribution in [2.45, 2.75) is 31.6 Å². The Morgan fingerprint density at radius 2 is 1.90 bits per heavy atom. The summed E-state index contributed by atoms with van der Waals surface area (Å²) in [5.41, 5.74) is 5.34. The standard InChI is InChI=1S/C14H21ClN2O3S/c1-4-14(5-2,9-16)13(18)17-12-8-10(21(3,19)20)6-7-11(12)15/h6-8H,4-5,9,16H2,1-3H3,(H,17,18). The SMILES string of the molecule is CCC(CC)(CN)C(=O)Nc1cc(S(C)(=O)=O)ccc1Cl. The lowest BCUT2D eigenvalue weighted by molar-refractivity contribution is -0.125. The van der Waals surface area contributed by atoms with E-state index in [1.54, 1.807) is 0 Å². The lowest BCUT2D eigenvalue weighted by atomic mass is 9.81. The van der Waals surface area contributed by atoms with Crippen molar-refractivity contribution in [3.05, 3.63) is 23.2 Å². The highest BCUT2D eigenvalue weighted by Crippen LogP contribution is 2.30. The second-order valence-corrected chi connectivity index (χ2v) is 7.48. The molecule has 118 valence electrons. The third kappa shape index (κ3) is 3.96. The molecule has 1 rings (SSSR count). The van der Waals surface area contributed by atoms with Gasteiger partial charge in [-0.2, -0.15) is 0 Å². The minimum atomic E-state index is -3.36. The summed E-state index contributed by atoms with van der Waals surface area (Å²) in [6.07, 6.45) is 2.29. The van der Waals surface area contributed by atoms with Gasteiger partial charge in [0.1, 0.15) is 0 Å². The fraction of sp³-hybridized carbons (Fsp3) is 0.500. The molecule has 0 saturated carbocycles. The average molecular weight is 333 g/mol. The van der Waals surface area contributed by atoms with E-state index in [2.05, 4.69) is 5.32 Å². The fourth-order valence-corrected chi connectivity index (χ4v) is 2.85. The van der Waals surface area contributed by atoms with Gasteiger partial charge in [-0.3, -0.25) is 4.79 Å². The van der Waals surface area contributed by atoms with Crippen molar-refractivity contribution in [1.29, 1.82) is 0 Å². The summed E-state index contributed by atoms with van der Waals surface area (Å²) in [4.78, 5) is 12.5. The van der Waals surface area contributed by atoms with E-state index in [-0.39, 0.29) is 28.1 Å². The van der Waals surface area contributed by atoms with E-state index in [0.29, 0.717) is 12.8 Å². The molecule has 0 fully saturated rings. The van der Waals surface area contributed by atoms with Crippen molar-refractivity contribution in [2.75, 3.05) is 18.1 Å². The normalized spacial score (nSPS) is 12.2. The van der Waals surface area contributed by atoms with Gasteiger partial charge in [-0.15, -0.1) is 0 Å². The molecule has 21 heavy (non-hydrogen) atoms. The van der Waals surface area contributed by atoms with Gasteiger partial charge in [0.15, 0.2) is 9.84 Å². The first kappa shape index (κ1) is 17.9. The Hall–Kier alpha value is -1.11. The molecule has 3 N–H and O–H groups in total. The van der Waals surface area contributed by atoms with Crippen LogP contribution in [-0.4, -0.2) is 27.1 Å². The van der Waals surface area contributed by atoms with Crippen molar-refractivity contribution in [2.24, 2.45) is 11.1 Å². The number of rotatable bonds is 6. The van der Waals surface area contributed by atoms with Gasteiger partial charge >= 0.3 is 0 Å². The van der Waals surface area contributed by atoms with Crippen LogP contribution in [0.5, 0.6) is 0 Å². The fourth-order valence-electron chi connectivity index (χ4n) is 2.04. The minimum absolute atomic E-state index is 0.105. The van der Waals surface area contributed by atoms with Gasteiger partial charge in [0.25, 0.3) is 0 Å². The summed E-state index contributed by atoms with van der Waals surface area (Å²) < 4.78 is 23.1. The summed E-state index contributed by atoms with van der Waals surface area (Å²) >= 11 is 6.03. The Kier molecular flexibility index (Phi) is 5.78. The smallest absolute Gasteiger partial charge is 0.231 e. The number of carbonyl (C=O) groups is 1. The van der Waals surface area contributed by atoms with Crippen LogP contribution in [0.1, 0.15) is 26.7 Å². The minimum Gasteiger partial charge on any atom is -0.329 e. The highest BCUT2D eigenvalue weighted by atomic mass is 35.5. The first-order valence-electron chi connectivity index (χ1n) is 6.71. The maximum atomic E-state index is 12.4. The number of hydrogen-bond acceptors (Lipinski definition) is 4. The van der Waals surface area contributed by atoms with Crippen LogP contribution in [0.25, 0.3) is 0 Å². The largest absolute Gasteiger partial charge is 0.329 e. The van der Waals surface area contributed by atoms with Crippen molar-refractivity contribution in [3.8, 4) is 0 Å². The summed E-state index contributed by atoms with van der Waals surface area (Å²) in [5, 5.41) is 2.99. The highest BCUT2D eigenvalue weighted by molar-refractivity contribution is 7.90. The van der Waals surface area contributed by atoms with Crippen molar-refractivity contribution >= 4 is 33.0 Å². The molecule has 0 aliphatic carbocycles. The number of anilines is 1. The van der Waals surface area contributed by atoms with E-state index in [1.807, 2.05) is 13.8 Å². The Bertz CT molecular complexity index is 617. The first-order chi connectivity index (χ1) is 9.70. The molecule has 1 aromatic rings. The van der Waals surface area contributed by atoms with Crippen LogP contribution >= 0.6 is 11.6 Å². The molecule has 0 saturated heterocycles. The zero-order chi connectivity index (χ0) is 16.3. The molecule has 0 aromatic heterocycles. The summed E-state index contributed by atoms with van der Waals surface area (Å²) in [6.45, 7) is 4.00. The molecule has 0 heterocycles. The monoisotopic (exact) mass is 332 g/mol. The van der Waals surface area contributed by atoms with Crippen molar-refractivity contribution < 1.29 is 13.2 Å². The average Bonchev–Trinajstić information content (AvgIpc) is 2.42. The summed E-state index contributed by atoms with van der Waals surface area (Å²) in [6, 6.07) is 4.22. The van der Waals surface area contributed by atoms with Gasteiger partial charge in [-0.25, -0.2) is 8.42 Å². The Morgan fingerprint density at radius 3 is 2.33 bits per heavy atom. The number of sulfone groups is 1. The van der Waals surface area contributed by atoms with Crippen LogP contribution in [0, 0.1) is 5.41 Å². The Morgan fingerprint density at radius 1 is 1.33 bits per heavy atom. The number of carbonyl (C=O) groups excluding carboxylic acids is 1. The molecular formula is C14H21ClN2O3S. The van der Waals surface area contributed by atoms with Gasteiger partial charge in [-0.05, 0) is 31.0 Å². The maximum Gasteiger partial charge on any atom is 0.231 e. The number of nitrogens with two attached hydrogens (primary N) is 1. The molecular weight excluding hydrogens is 312 g/mol. The molecule has 0 aliphatic rings. The molecule has 7 heteroatoms. The van der Waals surface area contributed by atoms with Crippen LogP contribution in [0.3, 0.4) is 0 Å². The molecule has 0 atom stereocenters. The van der Waals surface area contributed by atoms with Crippen LogP contribution in [0.2, 0.25) is 5.02 Å². The van der Waals surface area contributed by atoms with E-state index < -0.39 is 15.3 Å². The number of hydrogen-bond donors (Lipinski definition) is 2. The third-order valence-corrected chi connectivity index (χ3v) is 5.28. The third-order valence-electron chi connectivity index (χ3n) is 3.84. The molecule has 0 aliphatic heterocycles. The predicted molar refractivity (Wildman–Crippen MR) is 85.3 cm³/mol. The van der Waals surface area contributed by atoms with Crippen LogP contribution in [0.15, 0.2) is 23.1 Å². The van der Waals surface area contributed by atoms with Crippen LogP contribution in [-0.2, 0) is 14.6 Å². The van der Waals surface area contributed by atoms with E-state index in [4.69, 9.17) is 17.3 Å². The van der Waals surface area contributed by atoms with Gasteiger partial charge in [0, 0.05) is 12.8 Å². The lowest BCUT2D eigenvalue weighted by Crippen LogP contribution is -2.41. The highest BCUT2D eigenvalue weighted by Gasteiger charge is 2.33. The van der Waals surface area contributed by atoms with E-state index in [0.717, 1.165) is 6.26 Å². The van der Waals surface area contributed by atoms with Gasteiger partial charge < -0.3 is 11.1 Å². The Labute approximate surface area is 130 Å². The summed E-state index contributed by atoms with van der Waals surface area (Å²) in [5.74, 6) is -0.248. The van der Waals surface area contributed by atoms with Crippen LogP contribution < -0.4 is 11.1 Å². The first-order valence-corrected chi connectivity index (χ1v) is 8.98. The number of halogens is 1. The zero-order valence-electron chi connectivity index (χ0n) is 12.4. The predicted octanol–water partition coefficient (Wildman–Crippen LogP) is 2.45. The number of benzene rings is 1. The van der Waals surface area contributed by atoms with E-state index >= 15 is 0 Å². The Balaban J connectivity index is 3.16. The maximum absolute atomic E-state index is 12.4. The quantitative estimate of drug-likeness (QED) is 0.837. The van der Waals surface area contributed by atoms with Gasteiger partial charge in [0.2, 0.25) is 5.91 Å². The number of amides is 1. The lowest BCUT2D eigenvalue weighted by Gasteiger charge is -2.28. The van der Waals surface area contributed by atoms with Crippen molar-refractivity contribution in [1.82, 2.24) is 0 Å². The molecule has 0 spiro atoms. The second-order valence-electron chi connectivity index (χ2n) is 5.06. The topological polar surface area (TPSA) is 89.3 Å². The molecule has 0 radical (unpaired) electrons. The van der Waals surface area contributed by atoms with Crippen LogP contribution in [0.4, 0.5) is 5.69 Å². The van der Waals surface area contributed by atoms with Gasteiger partial charge in [0.05, 0.1) is 21.0 Å². The molecule has 1 amide bonds. The zero-order valence-corrected chi connectivity index (χ0v) is 14.0. The molecule has 1 aromatic carbocycles. The summed E-state index contributed by atoms with van der Waals surface area (Å²) in [7, 11) is -3.36. The van der Waals surface area contributed by atoms with E-state index in [9.17, 15) is 13.2 Å². The van der Waals surface area contributed by atoms with Gasteiger partial charge in [-0.1, -0.05) is 25.4 Å². The molecule has 0 bridgehead atoms. The molecule has 5 nitrogen and oxygen atoms in total. The second kappa shape index (κ2) is 6.77. The van der Waals surface area contributed by atoms with Crippen molar-refractivity contribution in [3.63, 3.8) is 0 Å². The molecule has 0 unspecified atom stereocenters. The number of nitrogens with one attached hydrogen (secondary N) is 1. The van der Waals surface area contributed by atoms with E-state index in [1.165, 1.54) is 18.2 Å².